The highest BCUT2D eigenvalue weighted by Gasteiger charge is 2.19. The van der Waals surface area contributed by atoms with Gasteiger partial charge in [0, 0.05) is 29.9 Å². The standard InChI is InChI=1S/C21H24N2O3/c1-15(2)26-19-10-8-16(9-11-19)20(24)22-18-7-5-6-17(14-18)21(25)23-12-3-4-13-23/h5-11,14-15H,3-4,12-13H2,1-2H3,(H,22,24). The highest BCUT2D eigenvalue weighted by molar-refractivity contribution is 6.05. The van der Waals surface area contributed by atoms with Gasteiger partial charge in [0.05, 0.1) is 6.10 Å². The van der Waals surface area contributed by atoms with Crippen molar-refractivity contribution in [1.82, 2.24) is 4.90 Å². The van der Waals surface area contributed by atoms with Gasteiger partial charge in [-0.3, -0.25) is 9.59 Å². The molecule has 1 aliphatic heterocycles. The number of hydrogen-bond acceptors (Lipinski definition) is 3. The first-order valence-corrected chi connectivity index (χ1v) is 9.00. The maximum atomic E-state index is 12.5. The molecule has 0 atom stereocenters. The van der Waals surface area contributed by atoms with Gasteiger partial charge in [0.1, 0.15) is 5.75 Å². The van der Waals surface area contributed by atoms with Crippen LogP contribution in [0.3, 0.4) is 0 Å². The number of benzene rings is 2. The molecular weight excluding hydrogens is 328 g/mol. The van der Waals surface area contributed by atoms with E-state index in [1.807, 2.05) is 18.7 Å². The van der Waals surface area contributed by atoms with Crippen LogP contribution in [0.1, 0.15) is 47.4 Å². The number of carbonyl (C=O) groups is 2. The highest BCUT2D eigenvalue weighted by atomic mass is 16.5. The Morgan fingerprint density at radius 1 is 1.00 bits per heavy atom. The highest BCUT2D eigenvalue weighted by Crippen LogP contribution is 2.18. The van der Waals surface area contributed by atoms with Crippen LogP contribution >= 0.6 is 0 Å². The molecule has 2 aromatic carbocycles. The van der Waals surface area contributed by atoms with Crippen molar-refractivity contribution in [2.24, 2.45) is 0 Å². The van der Waals surface area contributed by atoms with Crippen LogP contribution in [-0.2, 0) is 0 Å². The molecule has 0 aromatic heterocycles. The average Bonchev–Trinajstić information content (AvgIpc) is 3.16. The molecule has 2 amide bonds. The average molecular weight is 352 g/mol. The fourth-order valence-electron chi connectivity index (χ4n) is 2.99. The summed E-state index contributed by atoms with van der Waals surface area (Å²) in [5.74, 6) is 0.537. The summed E-state index contributed by atoms with van der Waals surface area (Å²) in [5, 5.41) is 2.85. The van der Waals surface area contributed by atoms with Gasteiger partial charge in [-0.15, -0.1) is 0 Å². The molecule has 1 aliphatic rings. The monoisotopic (exact) mass is 352 g/mol. The van der Waals surface area contributed by atoms with Gasteiger partial charge in [-0.1, -0.05) is 6.07 Å². The Kier molecular flexibility index (Phi) is 5.56. The number of amides is 2. The second kappa shape index (κ2) is 8.04. The number of nitrogens with zero attached hydrogens (tertiary/aromatic N) is 1. The number of likely N-dealkylation sites (tertiary alicyclic amines) is 1. The molecular formula is C21H24N2O3. The van der Waals surface area contributed by atoms with Crippen LogP contribution in [0.4, 0.5) is 5.69 Å². The summed E-state index contributed by atoms with van der Waals surface area (Å²) in [6, 6.07) is 14.1. The van der Waals surface area contributed by atoms with Gasteiger partial charge in [0.15, 0.2) is 0 Å². The SMILES string of the molecule is CC(C)Oc1ccc(C(=O)Nc2cccc(C(=O)N3CCCC3)c2)cc1. The minimum Gasteiger partial charge on any atom is -0.491 e. The van der Waals surface area contributed by atoms with Crippen molar-refractivity contribution in [2.75, 3.05) is 18.4 Å². The maximum absolute atomic E-state index is 12.5. The van der Waals surface area contributed by atoms with E-state index in [1.54, 1.807) is 48.5 Å². The van der Waals surface area contributed by atoms with E-state index in [4.69, 9.17) is 4.74 Å². The van der Waals surface area contributed by atoms with E-state index in [2.05, 4.69) is 5.32 Å². The number of anilines is 1. The van der Waals surface area contributed by atoms with Crippen LogP contribution in [0.15, 0.2) is 48.5 Å². The van der Waals surface area contributed by atoms with E-state index in [0.717, 1.165) is 31.7 Å². The third kappa shape index (κ3) is 4.42. The predicted octanol–water partition coefficient (Wildman–Crippen LogP) is 3.96. The molecule has 0 spiro atoms. The minimum atomic E-state index is -0.216. The van der Waals surface area contributed by atoms with E-state index in [0.29, 0.717) is 16.8 Å². The Hall–Kier alpha value is -2.82. The third-order valence-electron chi connectivity index (χ3n) is 4.25. The maximum Gasteiger partial charge on any atom is 0.255 e. The molecule has 0 saturated carbocycles. The van der Waals surface area contributed by atoms with E-state index in [1.165, 1.54) is 0 Å². The van der Waals surface area contributed by atoms with Crippen LogP contribution < -0.4 is 10.1 Å². The van der Waals surface area contributed by atoms with Crippen molar-refractivity contribution in [3.05, 3.63) is 59.7 Å². The largest absolute Gasteiger partial charge is 0.491 e. The number of ether oxygens (including phenoxy) is 1. The summed E-state index contributed by atoms with van der Waals surface area (Å²) in [6.45, 7) is 5.52. The molecule has 1 heterocycles. The van der Waals surface area contributed by atoms with Gasteiger partial charge < -0.3 is 15.0 Å². The van der Waals surface area contributed by atoms with Crippen molar-refractivity contribution < 1.29 is 14.3 Å². The Morgan fingerprint density at radius 2 is 1.69 bits per heavy atom. The Morgan fingerprint density at radius 3 is 2.35 bits per heavy atom. The van der Waals surface area contributed by atoms with E-state index >= 15 is 0 Å². The van der Waals surface area contributed by atoms with Gasteiger partial charge in [-0.05, 0) is 69.2 Å². The zero-order chi connectivity index (χ0) is 18.5. The summed E-state index contributed by atoms with van der Waals surface area (Å²) in [4.78, 5) is 26.8. The molecule has 3 rings (SSSR count). The second-order valence-electron chi connectivity index (χ2n) is 6.73. The van der Waals surface area contributed by atoms with Gasteiger partial charge in [-0.25, -0.2) is 0 Å². The molecule has 0 bridgehead atoms. The second-order valence-corrected chi connectivity index (χ2v) is 6.73. The molecule has 0 unspecified atom stereocenters. The molecule has 5 nitrogen and oxygen atoms in total. The van der Waals surface area contributed by atoms with Crippen LogP contribution in [-0.4, -0.2) is 35.9 Å². The van der Waals surface area contributed by atoms with E-state index in [9.17, 15) is 9.59 Å². The van der Waals surface area contributed by atoms with Crippen molar-refractivity contribution in [1.29, 1.82) is 0 Å². The topological polar surface area (TPSA) is 58.6 Å². The van der Waals surface area contributed by atoms with Crippen LogP contribution in [0.25, 0.3) is 0 Å². The van der Waals surface area contributed by atoms with Gasteiger partial charge in [-0.2, -0.15) is 0 Å². The lowest BCUT2D eigenvalue weighted by Crippen LogP contribution is -2.27. The van der Waals surface area contributed by atoms with E-state index in [-0.39, 0.29) is 17.9 Å². The molecule has 0 aliphatic carbocycles. The Bertz CT molecular complexity index is 778. The first-order valence-electron chi connectivity index (χ1n) is 9.00. The summed E-state index contributed by atoms with van der Waals surface area (Å²) in [5.41, 5.74) is 1.75. The third-order valence-corrected chi connectivity index (χ3v) is 4.25. The normalized spacial score (nSPS) is 13.7. The lowest BCUT2D eigenvalue weighted by Gasteiger charge is -2.16. The molecule has 136 valence electrons. The Balaban J connectivity index is 1.67. The predicted molar refractivity (Wildman–Crippen MR) is 102 cm³/mol. The summed E-state index contributed by atoms with van der Waals surface area (Å²) in [7, 11) is 0. The number of nitrogens with one attached hydrogen (secondary N) is 1. The smallest absolute Gasteiger partial charge is 0.255 e. The summed E-state index contributed by atoms with van der Waals surface area (Å²) >= 11 is 0. The van der Waals surface area contributed by atoms with Crippen molar-refractivity contribution in [2.45, 2.75) is 32.8 Å². The lowest BCUT2D eigenvalue weighted by atomic mass is 10.1. The van der Waals surface area contributed by atoms with E-state index < -0.39 is 0 Å². The molecule has 1 N–H and O–H groups in total. The van der Waals surface area contributed by atoms with Crippen molar-refractivity contribution >= 4 is 17.5 Å². The fourth-order valence-corrected chi connectivity index (χ4v) is 2.99. The van der Waals surface area contributed by atoms with Crippen LogP contribution in [0, 0.1) is 0 Å². The molecule has 26 heavy (non-hydrogen) atoms. The lowest BCUT2D eigenvalue weighted by molar-refractivity contribution is 0.0792. The molecule has 1 fully saturated rings. The van der Waals surface area contributed by atoms with Gasteiger partial charge in [0.25, 0.3) is 11.8 Å². The van der Waals surface area contributed by atoms with Crippen LogP contribution in [0.5, 0.6) is 5.75 Å². The number of carbonyl (C=O) groups excluding carboxylic acids is 2. The molecule has 5 heteroatoms. The minimum absolute atomic E-state index is 0.0220. The fraction of sp³-hybridized carbons (Fsp3) is 0.333. The molecule has 2 aromatic rings. The summed E-state index contributed by atoms with van der Waals surface area (Å²) in [6.07, 6.45) is 2.20. The first kappa shape index (κ1) is 18.0. The molecule has 0 radical (unpaired) electrons. The van der Waals surface area contributed by atoms with Crippen LogP contribution in [0.2, 0.25) is 0 Å². The Labute approximate surface area is 154 Å². The molecule has 1 saturated heterocycles. The van der Waals surface area contributed by atoms with Crippen molar-refractivity contribution in [3.8, 4) is 5.75 Å². The summed E-state index contributed by atoms with van der Waals surface area (Å²) < 4.78 is 5.58. The quantitative estimate of drug-likeness (QED) is 0.886. The first-order chi connectivity index (χ1) is 12.5. The number of hydrogen-bond donors (Lipinski definition) is 1. The zero-order valence-electron chi connectivity index (χ0n) is 15.2. The zero-order valence-corrected chi connectivity index (χ0v) is 15.2. The van der Waals surface area contributed by atoms with Gasteiger partial charge in [0.2, 0.25) is 0 Å². The van der Waals surface area contributed by atoms with Gasteiger partial charge >= 0.3 is 0 Å². The van der Waals surface area contributed by atoms with Crippen molar-refractivity contribution in [3.63, 3.8) is 0 Å². The number of rotatable bonds is 5.